The monoisotopic (exact) mass is 560 g/mol. The predicted molar refractivity (Wildman–Crippen MR) is 157 cm³/mol. The van der Waals surface area contributed by atoms with E-state index >= 15 is 0 Å². The van der Waals surface area contributed by atoms with Gasteiger partial charge in [0.05, 0.1) is 10.7 Å². The van der Waals surface area contributed by atoms with Gasteiger partial charge in [0.2, 0.25) is 0 Å². The highest BCUT2D eigenvalue weighted by atomic mass is 35.5. The summed E-state index contributed by atoms with van der Waals surface area (Å²) in [6.07, 6.45) is 1.60. The summed E-state index contributed by atoms with van der Waals surface area (Å²) < 4.78 is 0. The summed E-state index contributed by atoms with van der Waals surface area (Å²) in [6, 6.07) is 22.9. The van der Waals surface area contributed by atoms with Gasteiger partial charge in [0.15, 0.2) is 0 Å². The third-order valence-corrected chi connectivity index (χ3v) is 6.75. The number of hydrogen-bond acceptors (Lipinski definition) is 6. The van der Waals surface area contributed by atoms with E-state index in [1.807, 2.05) is 24.3 Å². The van der Waals surface area contributed by atoms with Crippen LogP contribution < -0.4 is 21.3 Å². The summed E-state index contributed by atoms with van der Waals surface area (Å²) in [4.78, 5) is 44.0. The van der Waals surface area contributed by atoms with Gasteiger partial charge in [0.1, 0.15) is 12.4 Å². The molecule has 0 spiro atoms. The number of carboxylic acid groups (broad SMARTS) is 1. The summed E-state index contributed by atoms with van der Waals surface area (Å²) in [7, 11) is 0. The Bertz CT molecular complexity index is 1510. The van der Waals surface area contributed by atoms with Crippen molar-refractivity contribution in [3.63, 3.8) is 0 Å². The quantitative estimate of drug-likeness (QED) is 0.333. The molecule has 0 unspecified atom stereocenters. The number of fused-ring (bicyclic) bond motifs is 1. The van der Waals surface area contributed by atoms with Gasteiger partial charge in [0.25, 0.3) is 5.91 Å². The average molecular weight is 561 g/mol. The average Bonchev–Trinajstić information content (AvgIpc) is 2.97. The number of nitrogens with zero attached hydrogens (tertiary/aromatic N) is 4. The van der Waals surface area contributed by atoms with Gasteiger partial charge in [-0.2, -0.15) is 0 Å². The Hall–Kier alpha value is -4.83. The van der Waals surface area contributed by atoms with Crippen molar-refractivity contribution in [2.75, 3.05) is 48.3 Å². The molecule has 1 saturated heterocycles. The third-order valence-electron chi connectivity index (χ3n) is 6.43. The Morgan fingerprint density at radius 1 is 0.925 bits per heavy atom. The van der Waals surface area contributed by atoms with Crippen LogP contribution in [0.4, 0.5) is 22.0 Å². The minimum atomic E-state index is -1.09. The van der Waals surface area contributed by atoms with Crippen LogP contribution in [0.25, 0.3) is 10.8 Å². The summed E-state index contributed by atoms with van der Waals surface area (Å²) in [5.41, 5.74) is 13.0. The van der Waals surface area contributed by atoms with Crippen LogP contribution in [0.3, 0.4) is 0 Å². The second-order valence-electron chi connectivity index (χ2n) is 9.02. The molecular weight excluding hydrogens is 532 g/mol. The number of pyridine rings is 1. The highest BCUT2D eigenvalue weighted by Crippen LogP contribution is 2.26. The topological polar surface area (TPSA) is 146 Å². The Morgan fingerprint density at radius 2 is 1.60 bits per heavy atom. The zero-order valence-electron chi connectivity index (χ0n) is 21.6. The molecule has 0 atom stereocenters. The SMILES string of the molecule is NC(=O)N1CCN(c2ccccc2Cl)CC1.Nc1nccc2ccc(C(=O)N(CC(=O)O)c3ccccc3)cc12. The van der Waals surface area contributed by atoms with Crippen molar-refractivity contribution in [2.24, 2.45) is 5.73 Å². The maximum Gasteiger partial charge on any atom is 0.323 e. The number of primary amides is 1. The van der Waals surface area contributed by atoms with Gasteiger partial charge in [0, 0.05) is 49.0 Å². The van der Waals surface area contributed by atoms with E-state index < -0.39 is 18.4 Å². The molecule has 1 aromatic heterocycles. The van der Waals surface area contributed by atoms with Crippen molar-refractivity contribution in [2.45, 2.75) is 0 Å². The molecule has 10 nitrogen and oxygen atoms in total. The molecule has 0 bridgehead atoms. The van der Waals surface area contributed by atoms with Crippen LogP contribution in [0.2, 0.25) is 5.02 Å². The number of amides is 3. The number of halogens is 1. The van der Waals surface area contributed by atoms with Crippen molar-refractivity contribution in [3.8, 4) is 0 Å². The van der Waals surface area contributed by atoms with Crippen LogP contribution in [0.5, 0.6) is 0 Å². The van der Waals surface area contributed by atoms with Gasteiger partial charge in [-0.1, -0.05) is 48.0 Å². The predicted octanol–water partition coefficient (Wildman–Crippen LogP) is 4.09. The van der Waals surface area contributed by atoms with E-state index in [9.17, 15) is 14.4 Å². The van der Waals surface area contributed by atoms with Crippen LogP contribution in [-0.4, -0.2) is 65.6 Å². The normalized spacial score (nSPS) is 12.8. The van der Waals surface area contributed by atoms with Crippen LogP contribution >= 0.6 is 11.6 Å². The number of carbonyl (C=O) groups excluding carboxylic acids is 2. The molecule has 3 amide bonds. The largest absolute Gasteiger partial charge is 0.480 e. The lowest BCUT2D eigenvalue weighted by Gasteiger charge is -2.35. The Balaban J connectivity index is 0.000000201. The number of rotatable bonds is 5. The molecule has 5 N–H and O–H groups in total. The molecule has 1 fully saturated rings. The first-order chi connectivity index (χ1) is 19.2. The second-order valence-corrected chi connectivity index (χ2v) is 9.42. The van der Waals surface area contributed by atoms with E-state index in [4.69, 9.17) is 28.2 Å². The fourth-order valence-electron chi connectivity index (χ4n) is 4.38. The van der Waals surface area contributed by atoms with Gasteiger partial charge in [-0.3, -0.25) is 14.5 Å². The van der Waals surface area contributed by atoms with Crippen LogP contribution in [-0.2, 0) is 4.79 Å². The second kappa shape index (κ2) is 12.8. The van der Waals surface area contributed by atoms with E-state index in [0.717, 1.165) is 29.2 Å². The molecule has 206 valence electrons. The molecule has 1 aliphatic heterocycles. The van der Waals surface area contributed by atoms with Crippen molar-refractivity contribution >= 4 is 57.5 Å². The van der Waals surface area contributed by atoms with Crippen molar-refractivity contribution in [3.05, 3.63) is 95.6 Å². The lowest BCUT2D eigenvalue weighted by Crippen LogP contribution is -2.50. The van der Waals surface area contributed by atoms with Crippen molar-refractivity contribution in [1.82, 2.24) is 9.88 Å². The van der Waals surface area contributed by atoms with Crippen molar-refractivity contribution in [1.29, 1.82) is 0 Å². The summed E-state index contributed by atoms with van der Waals surface area (Å²) in [5, 5.41) is 11.4. The number of para-hydroxylation sites is 2. The lowest BCUT2D eigenvalue weighted by atomic mass is 10.1. The van der Waals surface area contributed by atoms with Gasteiger partial charge in [-0.25, -0.2) is 9.78 Å². The molecule has 3 aromatic carbocycles. The Morgan fingerprint density at radius 3 is 2.25 bits per heavy atom. The van der Waals surface area contributed by atoms with Crippen LogP contribution in [0.1, 0.15) is 10.4 Å². The molecule has 2 heterocycles. The van der Waals surface area contributed by atoms with E-state index in [2.05, 4.69) is 9.88 Å². The number of anilines is 3. The minimum absolute atomic E-state index is 0.326. The fraction of sp³-hybridized carbons (Fsp3) is 0.172. The molecule has 4 aromatic rings. The summed E-state index contributed by atoms with van der Waals surface area (Å²) in [6.45, 7) is 2.42. The molecular formula is C29H29ClN6O4. The smallest absolute Gasteiger partial charge is 0.323 e. The number of carbonyl (C=O) groups is 3. The highest BCUT2D eigenvalue weighted by Gasteiger charge is 2.21. The number of hydrogen-bond donors (Lipinski definition) is 3. The number of carboxylic acids is 1. The summed E-state index contributed by atoms with van der Waals surface area (Å²) >= 11 is 6.11. The van der Waals surface area contributed by atoms with E-state index in [1.165, 1.54) is 4.90 Å². The Kier molecular flexibility index (Phi) is 9.03. The molecule has 40 heavy (non-hydrogen) atoms. The number of urea groups is 1. The van der Waals surface area contributed by atoms with Crippen LogP contribution in [0, 0.1) is 0 Å². The van der Waals surface area contributed by atoms with Gasteiger partial charge >= 0.3 is 12.0 Å². The first-order valence-electron chi connectivity index (χ1n) is 12.5. The first-order valence-corrected chi connectivity index (χ1v) is 12.9. The number of aromatic nitrogens is 1. The zero-order valence-corrected chi connectivity index (χ0v) is 22.4. The molecule has 0 aliphatic carbocycles. The molecule has 1 aliphatic rings. The lowest BCUT2D eigenvalue weighted by molar-refractivity contribution is -0.135. The zero-order chi connectivity index (χ0) is 28.6. The van der Waals surface area contributed by atoms with Gasteiger partial charge in [-0.15, -0.1) is 0 Å². The molecule has 11 heteroatoms. The number of nitrogen functional groups attached to an aromatic ring is 1. The fourth-order valence-corrected chi connectivity index (χ4v) is 4.63. The van der Waals surface area contributed by atoms with Crippen LogP contribution in [0.15, 0.2) is 85.1 Å². The van der Waals surface area contributed by atoms with Gasteiger partial charge in [-0.05, 0) is 47.9 Å². The number of aliphatic carboxylic acids is 1. The minimum Gasteiger partial charge on any atom is -0.480 e. The number of nitrogens with two attached hydrogens (primary N) is 2. The maximum atomic E-state index is 12.8. The number of benzene rings is 3. The van der Waals surface area contributed by atoms with E-state index in [1.54, 1.807) is 65.7 Å². The van der Waals surface area contributed by atoms with E-state index in [0.29, 0.717) is 35.5 Å². The summed E-state index contributed by atoms with van der Waals surface area (Å²) in [5.74, 6) is -1.17. The Labute approximate surface area is 236 Å². The molecule has 0 saturated carbocycles. The standard InChI is InChI=1S/C18H15N3O3.C11H14ClN3O/c19-17-15-10-13(7-6-12(15)8-9-20-17)18(24)21(11-16(22)23)14-4-2-1-3-5-14;12-9-3-1-2-4-10(9)14-5-7-15(8-6-14)11(13)16/h1-10H,11H2,(H2,19,20)(H,22,23);1-4H,5-8H2,(H2,13,16). The first kappa shape index (κ1) is 28.2. The van der Waals surface area contributed by atoms with Gasteiger partial charge < -0.3 is 26.4 Å². The molecule has 5 rings (SSSR count). The number of piperazine rings is 1. The van der Waals surface area contributed by atoms with E-state index in [-0.39, 0.29) is 6.03 Å². The third kappa shape index (κ3) is 6.78. The maximum absolute atomic E-state index is 12.8. The highest BCUT2D eigenvalue weighted by molar-refractivity contribution is 6.33. The molecule has 0 radical (unpaired) electrons. The van der Waals surface area contributed by atoms with Crippen molar-refractivity contribution < 1.29 is 19.5 Å².